The molecule has 3 aromatic carbocycles. The smallest absolute Gasteiger partial charge is 0.319 e. The van der Waals surface area contributed by atoms with Crippen molar-refractivity contribution in [2.45, 2.75) is 12.5 Å². The van der Waals surface area contributed by atoms with Crippen molar-refractivity contribution in [1.29, 1.82) is 0 Å². The Labute approximate surface area is 192 Å². The van der Waals surface area contributed by atoms with Crippen LogP contribution < -0.4 is 21.3 Å². The van der Waals surface area contributed by atoms with Crippen LogP contribution in [0.3, 0.4) is 0 Å². The van der Waals surface area contributed by atoms with Gasteiger partial charge in [0.15, 0.2) is 0 Å². The van der Waals surface area contributed by atoms with Crippen LogP contribution in [0.25, 0.3) is 0 Å². The van der Waals surface area contributed by atoms with Gasteiger partial charge in [0.25, 0.3) is 5.91 Å². The molecular weight excluding hydrogens is 416 g/mol. The molecule has 7 heteroatoms. The van der Waals surface area contributed by atoms with E-state index in [0.717, 1.165) is 5.56 Å². The van der Waals surface area contributed by atoms with Gasteiger partial charge in [-0.05, 0) is 42.0 Å². The third kappa shape index (κ3) is 7.36. The summed E-state index contributed by atoms with van der Waals surface area (Å²) in [5.74, 6) is -0.496. The average molecular weight is 443 g/mol. The van der Waals surface area contributed by atoms with Crippen molar-refractivity contribution in [3.63, 3.8) is 0 Å². The zero-order valence-electron chi connectivity index (χ0n) is 18.1. The number of nitrogens with one attached hydrogen (secondary N) is 4. The molecule has 7 nitrogen and oxygen atoms in total. The molecule has 1 unspecified atom stereocenters. The second kappa shape index (κ2) is 11.9. The number of anilines is 2. The summed E-state index contributed by atoms with van der Waals surface area (Å²) in [6, 6.07) is 24.2. The Hall–Kier alpha value is -4.39. The first-order chi connectivity index (χ1) is 16.0. The molecule has 0 aliphatic rings. The van der Waals surface area contributed by atoms with E-state index >= 15 is 0 Å². The van der Waals surface area contributed by atoms with E-state index in [1.807, 2.05) is 36.4 Å². The Morgan fingerprint density at radius 3 is 1.97 bits per heavy atom. The lowest BCUT2D eigenvalue weighted by molar-refractivity contribution is -0.116. The molecule has 0 bridgehead atoms. The molecule has 4 amide bonds. The topological polar surface area (TPSA) is 99.3 Å². The molecule has 0 radical (unpaired) electrons. The molecule has 0 spiro atoms. The molecular formula is C26H26N4O3. The van der Waals surface area contributed by atoms with Gasteiger partial charge in [-0.1, -0.05) is 54.6 Å². The van der Waals surface area contributed by atoms with Gasteiger partial charge in [-0.2, -0.15) is 0 Å². The summed E-state index contributed by atoms with van der Waals surface area (Å²) in [4.78, 5) is 37.1. The van der Waals surface area contributed by atoms with Gasteiger partial charge in [-0.3, -0.25) is 9.59 Å². The van der Waals surface area contributed by atoms with Crippen LogP contribution in [0, 0.1) is 0 Å². The minimum Gasteiger partial charge on any atom is -0.345 e. The van der Waals surface area contributed by atoms with Gasteiger partial charge in [0.1, 0.15) is 0 Å². The third-order valence-corrected chi connectivity index (χ3v) is 4.77. The molecule has 33 heavy (non-hydrogen) atoms. The lowest BCUT2D eigenvalue weighted by Gasteiger charge is -2.19. The molecule has 3 rings (SSSR count). The lowest BCUT2D eigenvalue weighted by atomic mass is 10.0. The highest BCUT2D eigenvalue weighted by atomic mass is 16.2. The summed E-state index contributed by atoms with van der Waals surface area (Å²) in [7, 11) is 0. The normalized spacial score (nSPS) is 11.0. The molecule has 3 aromatic rings. The molecule has 1 atom stereocenters. The van der Waals surface area contributed by atoms with E-state index in [2.05, 4.69) is 27.8 Å². The minimum atomic E-state index is -0.492. The van der Waals surface area contributed by atoms with E-state index in [1.54, 1.807) is 54.6 Å². The number of hydrogen-bond donors (Lipinski definition) is 4. The summed E-state index contributed by atoms with van der Waals surface area (Å²) in [6.45, 7) is 3.91. The number of amides is 4. The molecule has 0 aliphatic carbocycles. The number of carbonyl (C=O) groups excluding carboxylic acids is 3. The van der Waals surface area contributed by atoms with E-state index in [0.29, 0.717) is 23.5 Å². The number of benzene rings is 3. The summed E-state index contributed by atoms with van der Waals surface area (Å²) in [5.41, 5.74) is 2.53. The predicted molar refractivity (Wildman–Crippen MR) is 130 cm³/mol. The highest BCUT2D eigenvalue weighted by molar-refractivity contribution is 5.96. The Morgan fingerprint density at radius 2 is 1.36 bits per heavy atom. The average Bonchev–Trinajstić information content (AvgIpc) is 2.84. The number of rotatable bonds is 9. The van der Waals surface area contributed by atoms with Crippen molar-refractivity contribution >= 4 is 29.2 Å². The van der Waals surface area contributed by atoms with Crippen LogP contribution in [0.4, 0.5) is 16.2 Å². The highest BCUT2D eigenvalue weighted by Gasteiger charge is 2.19. The maximum atomic E-state index is 12.7. The largest absolute Gasteiger partial charge is 0.345 e. The predicted octanol–water partition coefficient (Wildman–Crippen LogP) is 4.49. The fourth-order valence-corrected chi connectivity index (χ4v) is 3.14. The van der Waals surface area contributed by atoms with Gasteiger partial charge in [-0.15, -0.1) is 6.58 Å². The van der Waals surface area contributed by atoms with Crippen molar-refractivity contribution < 1.29 is 14.4 Å². The highest BCUT2D eigenvalue weighted by Crippen LogP contribution is 2.20. The van der Waals surface area contributed by atoms with Crippen molar-refractivity contribution in [3.8, 4) is 0 Å². The molecule has 0 fully saturated rings. The molecule has 0 aliphatic heterocycles. The fourth-order valence-electron chi connectivity index (χ4n) is 3.14. The number of carbonyl (C=O) groups is 3. The second-order valence-corrected chi connectivity index (χ2v) is 7.26. The monoisotopic (exact) mass is 442 g/mol. The molecule has 0 saturated heterocycles. The van der Waals surface area contributed by atoms with Crippen LogP contribution in [-0.4, -0.2) is 24.4 Å². The van der Waals surface area contributed by atoms with Gasteiger partial charge in [0.2, 0.25) is 5.91 Å². The van der Waals surface area contributed by atoms with Crippen molar-refractivity contribution in [3.05, 3.63) is 109 Å². The van der Waals surface area contributed by atoms with Gasteiger partial charge in [0.05, 0.1) is 12.5 Å². The lowest BCUT2D eigenvalue weighted by Crippen LogP contribution is -2.31. The van der Waals surface area contributed by atoms with E-state index in [4.69, 9.17) is 0 Å². The Kier molecular flexibility index (Phi) is 8.36. The molecule has 4 N–H and O–H groups in total. The zero-order chi connectivity index (χ0) is 23.5. The molecule has 168 valence electrons. The van der Waals surface area contributed by atoms with Crippen molar-refractivity contribution in [2.24, 2.45) is 0 Å². The van der Waals surface area contributed by atoms with Gasteiger partial charge in [0, 0.05) is 23.5 Å². The summed E-state index contributed by atoms with van der Waals surface area (Å²) in [5, 5.41) is 11.1. The quantitative estimate of drug-likeness (QED) is 0.367. The van der Waals surface area contributed by atoms with Crippen LogP contribution in [0.5, 0.6) is 0 Å². The Balaban J connectivity index is 1.63. The summed E-state index contributed by atoms with van der Waals surface area (Å²) < 4.78 is 0. The van der Waals surface area contributed by atoms with E-state index in [1.165, 1.54) is 0 Å². The van der Waals surface area contributed by atoms with E-state index < -0.39 is 6.04 Å². The van der Waals surface area contributed by atoms with Gasteiger partial charge >= 0.3 is 6.03 Å². The number of hydrogen-bond acceptors (Lipinski definition) is 3. The first kappa shape index (κ1) is 23.3. The number of urea groups is 1. The SMILES string of the molecule is C=CCNC(=O)Nc1ccc(NC(=O)CC(NC(=O)c2ccccc2)c2ccccc2)cc1. The van der Waals surface area contributed by atoms with Crippen LogP contribution >= 0.6 is 0 Å². The minimum absolute atomic E-state index is 0.0621. The molecule has 0 saturated carbocycles. The maximum Gasteiger partial charge on any atom is 0.319 e. The van der Waals surface area contributed by atoms with E-state index in [9.17, 15) is 14.4 Å². The maximum absolute atomic E-state index is 12.7. The Morgan fingerprint density at radius 1 is 0.788 bits per heavy atom. The summed E-state index contributed by atoms with van der Waals surface area (Å²) in [6.07, 6.45) is 1.65. The van der Waals surface area contributed by atoms with Crippen LogP contribution in [0.1, 0.15) is 28.4 Å². The Bertz CT molecular complexity index is 1080. The van der Waals surface area contributed by atoms with Crippen LogP contribution in [-0.2, 0) is 4.79 Å². The second-order valence-electron chi connectivity index (χ2n) is 7.26. The fraction of sp³-hybridized carbons (Fsp3) is 0.115. The summed E-state index contributed by atoms with van der Waals surface area (Å²) >= 11 is 0. The zero-order valence-corrected chi connectivity index (χ0v) is 18.1. The van der Waals surface area contributed by atoms with Crippen molar-refractivity contribution in [1.82, 2.24) is 10.6 Å². The van der Waals surface area contributed by atoms with Gasteiger partial charge in [-0.25, -0.2) is 4.79 Å². The first-order valence-corrected chi connectivity index (χ1v) is 10.5. The van der Waals surface area contributed by atoms with Crippen LogP contribution in [0.15, 0.2) is 97.6 Å². The van der Waals surface area contributed by atoms with Gasteiger partial charge < -0.3 is 21.3 Å². The molecule has 0 heterocycles. The first-order valence-electron chi connectivity index (χ1n) is 10.5. The third-order valence-electron chi connectivity index (χ3n) is 4.77. The molecule has 0 aromatic heterocycles. The van der Waals surface area contributed by atoms with E-state index in [-0.39, 0.29) is 24.3 Å². The standard InChI is InChI=1S/C26H26N4O3/c1-2-17-27-26(33)29-22-15-13-21(14-16-22)28-24(31)18-23(19-9-5-3-6-10-19)30-25(32)20-11-7-4-8-12-20/h2-16,23H,1,17-18H2,(H,28,31)(H,30,32)(H2,27,29,33). The van der Waals surface area contributed by atoms with Crippen molar-refractivity contribution in [2.75, 3.05) is 17.2 Å². The van der Waals surface area contributed by atoms with Crippen LogP contribution in [0.2, 0.25) is 0 Å².